The Hall–Kier alpha value is -3.57. The summed E-state index contributed by atoms with van der Waals surface area (Å²) in [6.07, 6.45) is 2.72. The first-order valence-corrected chi connectivity index (χ1v) is 16.1. The molecule has 2 aromatic carbocycles. The number of hydrogen-bond donors (Lipinski definition) is 1. The molecule has 0 fully saturated rings. The quantitative estimate of drug-likeness (QED) is 0.191. The summed E-state index contributed by atoms with van der Waals surface area (Å²) in [5, 5.41) is 9.90. The van der Waals surface area contributed by atoms with Crippen molar-refractivity contribution in [3.63, 3.8) is 0 Å². The van der Waals surface area contributed by atoms with Crippen molar-refractivity contribution >= 4 is 19.9 Å². The summed E-state index contributed by atoms with van der Waals surface area (Å²) in [6, 6.07) is 14.9. The Bertz CT molecular complexity index is 1590. The summed E-state index contributed by atoms with van der Waals surface area (Å²) in [7, 11) is -1.86. The van der Waals surface area contributed by atoms with Gasteiger partial charge in [-0.3, -0.25) is 4.79 Å². The fourth-order valence-electron chi connectivity index (χ4n) is 4.17. The van der Waals surface area contributed by atoms with E-state index >= 15 is 0 Å². The smallest absolute Gasteiger partial charge is 0.282 e. The minimum absolute atomic E-state index is 0.199. The van der Waals surface area contributed by atoms with Crippen LogP contribution in [0.2, 0.25) is 24.7 Å². The topological polar surface area (TPSA) is 99.9 Å². The molecule has 5 rings (SSSR count). The summed E-state index contributed by atoms with van der Waals surface area (Å²) in [5.41, 5.74) is 5.11. The summed E-state index contributed by atoms with van der Waals surface area (Å²) in [6.45, 7) is 10.7. The molecule has 2 aliphatic heterocycles. The highest BCUT2D eigenvalue weighted by molar-refractivity contribution is 6.69. The van der Waals surface area contributed by atoms with Crippen LogP contribution in [0.1, 0.15) is 19.0 Å². The molecule has 0 saturated heterocycles. The number of pyridine rings is 1. The Labute approximate surface area is 226 Å². The number of rotatable bonds is 8. The zero-order valence-electron chi connectivity index (χ0n) is 21.9. The number of hydrogen-bond acceptors (Lipinski definition) is 6. The average Bonchev–Trinajstić information content (AvgIpc) is 3.49. The number of H-pyrrole nitrogens is 1. The molecular weight excluding hydrogens is 520 g/mol. The maximum absolute atomic E-state index is 13.1. The van der Waals surface area contributed by atoms with Crippen molar-refractivity contribution in [3.8, 4) is 39.5 Å². The van der Waals surface area contributed by atoms with Gasteiger partial charge >= 0.3 is 0 Å². The van der Waals surface area contributed by atoms with Crippen LogP contribution >= 0.6 is 11.6 Å². The molecule has 9 nitrogen and oxygen atoms in total. The first kappa shape index (κ1) is 26.1. The van der Waals surface area contributed by atoms with Crippen LogP contribution in [0.25, 0.3) is 39.5 Å². The molecule has 1 atom stereocenters. The van der Waals surface area contributed by atoms with Crippen LogP contribution in [0.3, 0.4) is 0 Å². The minimum Gasteiger partial charge on any atom is -0.376 e. The highest BCUT2D eigenvalue weighted by atomic mass is 35.5. The van der Waals surface area contributed by atoms with E-state index in [1.54, 1.807) is 41.5 Å². The predicted octanol–water partition coefficient (Wildman–Crippen LogP) is 5.90. The van der Waals surface area contributed by atoms with E-state index in [-0.39, 0.29) is 5.56 Å². The van der Waals surface area contributed by atoms with Gasteiger partial charge in [-0.25, -0.2) is 4.98 Å². The molecule has 0 bridgehead atoms. The zero-order valence-corrected chi connectivity index (χ0v) is 23.7. The van der Waals surface area contributed by atoms with Crippen molar-refractivity contribution in [1.82, 2.24) is 29.5 Å². The molecule has 0 saturated carbocycles. The molecule has 196 valence electrons. The van der Waals surface area contributed by atoms with E-state index in [9.17, 15) is 4.79 Å². The third-order valence-electron chi connectivity index (χ3n) is 5.91. The van der Waals surface area contributed by atoms with E-state index in [0.29, 0.717) is 34.4 Å². The van der Waals surface area contributed by atoms with Crippen molar-refractivity contribution in [2.75, 3.05) is 6.61 Å². The fourth-order valence-corrected chi connectivity index (χ4v) is 5.08. The molecule has 0 radical (unpaired) electrons. The van der Waals surface area contributed by atoms with E-state index in [1.165, 1.54) is 4.68 Å². The lowest BCUT2D eigenvalue weighted by molar-refractivity contribution is -0.142. The molecule has 0 aliphatic carbocycles. The Morgan fingerprint density at radius 3 is 2.37 bits per heavy atom. The van der Waals surface area contributed by atoms with Gasteiger partial charge in [0.15, 0.2) is 14.1 Å². The summed E-state index contributed by atoms with van der Waals surface area (Å²) in [5.74, 6) is 0.566. The molecular formula is C27H29ClN6O3Si. The molecule has 11 heteroatoms. The number of aryl methyl sites for hydroxylation is 1. The number of benzene rings is 2. The van der Waals surface area contributed by atoms with Crippen LogP contribution in [-0.2, 0) is 9.16 Å². The maximum atomic E-state index is 13.1. The van der Waals surface area contributed by atoms with Gasteiger partial charge < -0.3 is 14.1 Å². The van der Waals surface area contributed by atoms with Crippen molar-refractivity contribution in [3.05, 3.63) is 82.1 Å². The second kappa shape index (κ2) is 10.3. The van der Waals surface area contributed by atoms with Gasteiger partial charge in [-0.15, -0.1) is 5.10 Å². The predicted molar refractivity (Wildman–Crippen MR) is 150 cm³/mol. The van der Waals surface area contributed by atoms with Crippen LogP contribution in [0.4, 0.5) is 0 Å². The second-order valence-electron chi connectivity index (χ2n) is 9.86. The van der Waals surface area contributed by atoms with Gasteiger partial charge in [0.25, 0.3) is 12.0 Å². The second-order valence-corrected chi connectivity index (χ2v) is 14.8. The lowest BCUT2D eigenvalue weighted by Crippen LogP contribution is -2.32. The van der Waals surface area contributed by atoms with E-state index in [2.05, 4.69) is 39.8 Å². The number of nitrogens with one attached hydrogen (secondary N) is 1. The Morgan fingerprint density at radius 1 is 1.03 bits per heavy atom. The van der Waals surface area contributed by atoms with E-state index in [1.807, 2.05) is 38.1 Å². The van der Waals surface area contributed by atoms with Crippen molar-refractivity contribution < 1.29 is 9.16 Å². The molecule has 3 aromatic rings. The third-order valence-corrected chi connectivity index (χ3v) is 7.07. The number of halogens is 1. The standard InChI is InChI=1S/C27H29ClN6O3Si/c1-6-36-27(37-38(3,4)5)33-16-30-25(32-33)19-9-7-18(8-10-19)23-17(2)29-15-22-24(23)31-34(26(22)35)21-13-11-20(28)12-14-21/h7-16,27,29H,6H2,1-5H3. The molecule has 1 N–H and O–H groups in total. The first-order valence-electron chi connectivity index (χ1n) is 12.3. The molecule has 2 aliphatic rings. The average molecular weight is 549 g/mol. The van der Waals surface area contributed by atoms with E-state index in [0.717, 1.165) is 22.4 Å². The van der Waals surface area contributed by atoms with Gasteiger partial charge in [0, 0.05) is 34.6 Å². The van der Waals surface area contributed by atoms with E-state index < -0.39 is 14.7 Å². The highest BCUT2D eigenvalue weighted by Crippen LogP contribution is 2.34. The minimum atomic E-state index is -1.86. The van der Waals surface area contributed by atoms with Gasteiger partial charge in [0.1, 0.15) is 12.0 Å². The van der Waals surface area contributed by atoms with E-state index in [4.69, 9.17) is 20.8 Å². The fraction of sp³-hybridized carbons (Fsp3) is 0.259. The van der Waals surface area contributed by atoms with Crippen LogP contribution in [0.15, 0.2) is 65.8 Å². The van der Waals surface area contributed by atoms with Crippen molar-refractivity contribution in [2.24, 2.45) is 0 Å². The molecule has 38 heavy (non-hydrogen) atoms. The van der Waals surface area contributed by atoms with Crippen LogP contribution in [0, 0.1) is 6.92 Å². The SMILES string of the molecule is CCOC(O[Si](C)(C)C)n1cnc(-c2ccc(-c3c4nn(-c5ccc(Cl)cc5)c(=O)c-4c[nH]c3C)cc2)n1. The molecule has 3 heterocycles. The van der Waals surface area contributed by atoms with Gasteiger partial charge in [0.2, 0.25) is 0 Å². The summed E-state index contributed by atoms with van der Waals surface area (Å²) in [4.78, 5) is 20.8. The lowest BCUT2D eigenvalue weighted by Gasteiger charge is -2.25. The normalized spacial score (nSPS) is 12.8. The summed E-state index contributed by atoms with van der Waals surface area (Å²) < 4.78 is 14.9. The third kappa shape index (κ3) is 5.21. The highest BCUT2D eigenvalue weighted by Gasteiger charge is 2.25. The lowest BCUT2D eigenvalue weighted by atomic mass is 9.98. The number of fused-ring (bicyclic) bond motifs is 1. The number of ether oxygens (including phenoxy) is 1. The van der Waals surface area contributed by atoms with Gasteiger partial charge in [-0.05, 0) is 63.3 Å². The van der Waals surface area contributed by atoms with Crippen LogP contribution in [-0.4, -0.2) is 44.5 Å². The molecule has 1 unspecified atom stereocenters. The van der Waals surface area contributed by atoms with Crippen molar-refractivity contribution in [2.45, 2.75) is 39.9 Å². The molecule has 1 aromatic heterocycles. The van der Waals surface area contributed by atoms with Gasteiger partial charge in [-0.1, -0.05) is 35.9 Å². The Balaban J connectivity index is 1.48. The zero-order chi connectivity index (χ0) is 27.0. The Morgan fingerprint density at radius 2 is 1.71 bits per heavy atom. The summed E-state index contributed by atoms with van der Waals surface area (Å²) >= 11 is 6.02. The van der Waals surface area contributed by atoms with Crippen molar-refractivity contribution in [1.29, 1.82) is 0 Å². The largest absolute Gasteiger partial charge is 0.376 e. The molecule has 0 spiro atoms. The van der Waals surface area contributed by atoms with Gasteiger partial charge in [-0.2, -0.15) is 14.5 Å². The Kier molecular flexibility index (Phi) is 7.06. The first-order chi connectivity index (χ1) is 18.1. The maximum Gasteiger partial charge on any atom is 0.282 e. The van der Waals surface area contributed by atoms with Crippen LogP contribution < -0.4 is 5.56 Å². The number of nitrogens with zero attached hydrogens (tertiary/aromatic N) is 5. The number of aromatic nitrogens is 6. The van der Waals surface area contributed by atoms with Crippen LogP contribution in [0.5, 0.6) is 0 Å². The van der Waals surface area contributed by atoms with Gasteiger partial charge in [0.05, 0.1) is 11.3 Å². The monoisotopic (exact) mass is 548 g/mol. The number of aromatic amines is 1. The molecule has 0 amide bonds.